The van der Waals surface area contributed by atoms with Crippen LogP contribution in [0.2, 0.25) is 0 Å². The van der Waals surface area contributed by atoms with E-state index in [1.54, 1.807) is 0 Å². The molecule has 102 valence electrons. The largest absolute Gasteiger partial charge is 0.273 e. The molecule has 0 aromatic heterocycles. The molecule has 1 aliphatic rings. The van der Waals surface area contributed by atoms with Crippen LogP contribution in [0.4, 0.5) is 0 Å². The lowest BCUT2D eigenvalue weighted by atomic mass is 9.90. The average Bonchev–Trinajstić information content (AvgIpc) is 2.42. The van der Waals surface area contributed by atoms with Gasteiger partial charge in [0.25, 0.3) is 0 Å². The van der Waals surface area contributed by atoms with Gasteiger partial charge in [0, 0.05) is 19.4 Å². The standard InChI is InChI=1S/C15H20N2O2/c1-2-6-14(18)16-17-10-9-13(11-15(17)19)12-7-4-3-5-8-12/h3-5,7-8,13H,2,6,9-11H2,1H3,(H,16,18). The van der Waals surface area contributed by atoms with Crippen LogP contribution in [-0.4, -0.2) is 23.4 Å². The van der Waals surface area contributed by atoms with Gasteiger partial charge in [0.05, 0.1) is 0 Å². The molecule has 1 fully saturated rings. The predicted octanol–water partition coefficient (Wildman–Crippen LogP) is 2.22. The van der Waals surface area contributed by atoms with E-state index in [0.29, 0.717) is 19.4 Å². The Morgan fingerprint density at radius 2 is 2.11 bits per heavy atom. The number of nitrogens with zero attached hydrogens (tertiary/aromatic N) is 1. The third kappa shape index (κ3) is 3.56. The molecule has 0 bridgehead atoms. The molecule has 1 N–H and O–H groups in total. The first-order valence-corrected chi connectivity index (χ1v) is 6.85. The van der Waals surface area contributed by atoms with Crippen molar-refractivity contribution in [2.75, 3.05) is 6.54 Å². The Kier molecular flexibility index (Phi) is 4.55. The van der Waals surface area contributed by atoms with Crippen molar-refractivity contribution in [2.45, 2.75) is 38.5 Å². The number of benzene rings is 1. The zero-order chi connectivity index (χ0) is 13.7. The topological polar surface area (TPSA) is 49.4 Å². The minimum absolute atomic E-state index is 0.00422. The van der Waals surface area contributed by atoms with Crippen LogP contribution in [0.15, 0.2) is 30.3 Å². The van der Waals surface area contributed by atoms with Gasteiger partial charge in [-0.25, -0.2) is 0 Å². The minimum Gasteiger partial charge on any atom is -0.273 e. The summed E-state index contributed by atoms with van der Waals surface area (Å²) < 4.78 is 0. The van der Waals surface area contributed by atoms with Crippen molar-refractivity contribution in [1.29, 1.82) is 0 Å². The van der Waals surface area contributed by atoms with Crippen molar-refractivity contribution in [3.63, 3.8) is 0 Å². The van der Waals surface area contributed by atoms with Crippen LogP contribution in [0, 0.1) is 0 Å². The van der Waals surface area contributed by atoms with E-state index in [2.05, 4.69) is 17.6 Å². The second kappa shape index (κ2) is 6.36. The van der Waals surface area contributed by atoms with Gasteiger partial charge in [-0.05, 0) is 24.3 Å². The smallest absolute Gasteiger partial charge is 0.241 e. The van der Waals surface area contributed by atoms with Crippen LogP contribution < -0.4 is 5.43 Å². The highest BCUT2D eigenvalue weighted by atomic mass is 16.2. The summed E-state index contributed by atoms with van der Waals surface area (Å²) in [5, 5.41) is 1.47. The zero-order valence-corrected chi connectivity index (χ0v) is 11.3. The summed E-state index contributed by atoms with van der Waals surface area (Å²) in [6.07, 6.45) is 2.62. The van der Waals surface area contributed by atoms with E-state index in [-0.39, 0.29) is 17.7 Å². The van der Waals surface area contributed by atoms with Crippen LogP contribution in [-0.2, 0) is 9.59 Å². The number of nitrogens with one attached hydrogen (secondary N) is 1. The van der Waals surface area contributed by atoms with Crippen molar-refractivity contribution in [1.82, 2.24) is 10.4 Å². The fourth-order valence-electron chi connectivity index (χ4n) is 2.39. The Bertz CT molecular complexity index is 445. The van der Waals surface area contributed by atoms with Crippen LogP contribution in [0.5, 0.6) is 0 Å². The maximum absolute atomic E-state index is 12.0. The van der Waals surface area contributed by atoms with Gasteiger partial charge in [0.15, 0.2) is 0 Å². The van der Waals surface area contributed by atoms with Gasteiger partial charge in [-0.1, -0.05) is 37.3 Å². The Morgan fingerprint density at radius 1 is 1.37 bits per heavy atom. The number of carbonyl (C=O) groups is 2. The maximum atomic E-state index is 12.0. The molecule has 1 aromatic carbocycles. The van der Waals surface area contributed by atoms with E-state index in [1.165, 1.54) is 10.6 Å². The molecular formula is C15H20N2O2. The molecule has 1 aliphatic heterocycles. The predicted molar refractivity (Wildman–Crippen MR) is 73.2 cm³/mol. The third-order valence-electron chi connectivity index (χ3n) is 3.43. The molecule has 1 atom stereocenters. The molecule has 1 saturated heterocycles. The average molecular weight is 260 g/mol. The van der Waals surface area contributed by atoms with Gasteiger partial charge >= 0.3 is 0 Å². The number of hydrogen-bond acceptors (Lipinski definition) is 2. The Morgan fingerprint density at radius 3 is 2.74 bits per heavy atom. The van der Waals surface area contributed by atoms with Crippen molar-refractivity contribution < 1.29 is 9.59 Å². The molecule has 0 saturated carbocycles. The molecule has 4 nitrogen and oxygen atoms in total. The second-order valence-electron chi connectivity index (χ2n) is 4.93. The SMILES string of the molecule is CCCC(=O)NN1CCC(c2ccccc2)CC1=O. The number of hydrazine groups is 1. The van der Waals surface area contributed by atoms with Crippen LogP contribution in [0.25, 0.3) is 0 Å². The monoisotopic (exact) mass is 260 g/mol. The summed E-state index contributed by atoms with van der Waals surface area (Å²) >= 11 is 0. The van der Waals surface area contributed by atoms with Gasteiger partial charge in [0.2, 0.25) is 11.8 Å². The van der Waals surface area contributed by atoms with E-state index < -0.39 is 0 Å². The highest BCUT2D eigenvalue weighted by Crippen LogP contribution is 2.27. The summed E-state index contributed by atoms with van der Waals surface area (Å²) in [6.45, 7) is 2.54. The van der Waals surface area contributed by atoms with Crippen LogP contribution >= 0.6 is 0 Å². The number of amides is 2. The molecule has 1 heterocycles. The zero-order valence-electron chi connectivity index (χ0n) is 11.3. The lowest BCUT2D eigenvalue weighted by Gasteiger charge is -2.31. The van der Waals surface area contributed by atoms with Crippen molar-refractivity contribution in [3.05, 3.63) is 35.9 Å². The first-order valence-electron chi connectivity index (χ1n) is 6.85. The van der Waals surface area contributed by atoms with Crippen molar-refractivity contribution >= 4 is 11.8 Å². The quantitative estimate of drug-likeness (QED) is 0.902. The molecule has 1 unspecified atom stereocenters. The van der Waals surface area contributed by atoms with Crippen LogP contribution in [0.3, 0.4) is 0 Å². The number of rotatable bonds is 4. The van der Waals surface area contributed by atoms with Gasteiger partial charge in [-0.3, -0.25) is 20.0 Å². The van der Waals surface area contributed by atoms with E-state index in [1.807, 2.05) is 25.1 Å². The number of hydrogen-bond donors (Lipinski definition) is 1. The molecule has 2 rings (SSSR count). The summed E-state index contributed by atoms with van der Waals surface area (Å²) in [5.41, 5.74) is 3.89. The van der Waals surface area contributed by atoms with Gasteiger partial charge in [-0.15, -0.1) is 0 Å². The summed E-state index contributed by atoms with van der Waals surface area (Å²) in [4.78, 5) is 23.5. The molecule has 0 radical (unpaired) electrons. The molecule has 2 amide bonds. The lowest BCUT2D eigenvalue weighted by Crippen LogP contribution is -2.49. The Labute approximate surface area is 113 Å². The van der Waals surface area contributed by atoms with Gasteiger partial charge in [0.1, 0.15) is 0 Å². The molecular weight excluding hydrogens is 240 g/mol. The summed E-state index contributed by atoms with van der Waals surface area (Å²) in [7, 11) is 0. The fourth-order valence-corrected chi connectivity index (χ4v) is 2.39. The van der Waals surface area contributed by atoms with Crippen molar-refractivity contribution in [2.24, 2.45) is 0 Å². The molecule has 1 aromatic rings. The maximum Gasteiger partial charge on any atom is 0.241 e. The highest BCUT2D eigenvalue weighted by molar-refractivity contribution is 5.83. The third-order valence-corrected chi connectivity index (χ3v) is 3.43. The fraction of sp³-hybridized carbons (Fsp3) is 0.467. The molecule has 19 heavy (non-hydrogen) atoms. The highest BCUT2D eigenvalue weighted by Gasteiger charge is 2.27. The summed E-state index contributed by atoms with van der Waals surface area (Å²) in [5.74, 6) is 0.201. The first kappa shape index (κ1) is 13.6. The van der Waals surface area contributed by atoms with Crippen molar-refractivity contribution in [3.8, 4) is 0 Å². The second-order valence-corrected chi connectivity index (χ2v) is 4.93. The minimum atomic E-state index is -0.0750. The number of carbonyl (C=O) groups excluding carboxylic acids is 2. The lowest BCUT2D eigenvalue weighted by molar-refractivity contribution is -0.144. The normalized spacial score (nSPS) is 19.3. The molecule has 0 spiro atoms. The first-order chi connectivity index (χ1) is 9.20. The molecule has 4 heteroatoms. The Hall–Kier alpha value is -1.84. The van der Waals surface area contributed by atoms with E-state index in [0.717, 1.165) is 12.8 Å². The van der Waals surface area contributed by atoms with E-state index in [4.69, 9.17) is 0 Å². The summed E-state index contributed by atoms with van der Waals surface area (Å²) in [6, 6.07) is 10.1. The van der Waals surface area contributed by atoms with E-state index >= 15 is 0 Å². The van der Waals surface area contributed by atoms with Gasteiger partial charge < -0.3 is 0 Å². The Balaban J connectivity index is 1.92. The molecule has 0 aliphatic carbocycles. The number of piperidine rings is 1. The van der Waals surface area contributed by atoms with E-state index in [9.17, 15) is 9.59 Å². The van der Waals surface area contributed by atoms with Crippen LogP contribution in [0.1, 0.15) is 44.1 Å². The van der Waals surface area contributed by atoms with Gasteiger partial charge in [-0.2, -0.15) is 0 Å².